The minimum atomic E-state index is -0.126. The molecule has 0 unspecified atom stereocenters. The minimum absolute atomic E-state index is 0.126. The average molecular weight is 176 g/mol. The minimum Gasteiger partial charge on any atom is -0.397 e. The second-order valence-electron chi connectivity index (χ2n) is 3.73. The zero-order valence-corrected chi connectivity index (χ0v) is 8.17. The molecule has 2 nitrogen and oxygen atoms in total. The maximum atomic E-state index is 5.87. The van der Waals surface area contributed by atoms with Gasteiger partial charge in [-0.3, -0.25) is 0 Å². The van der Waals surface area contributed by atoms with Crippen molar-refractivity contribution >= 4 is 11.4 Å². The Labute approximate surface area is 79.2 Å². The average Bonchev–Trinajstić information content (AvgIpc) is 2.09. The number of hydrogen-bond donors (Lipinski definition) is 2. The summed E-state index contributed by atoms with van der Waals surface area (Å²) in [5, 5.41) is 0. The molecule has 0 spiro atoms. The maximum absolute atomic E-state index is 5.87. The number of rotatable bonds is 2. The first-order valence-corrected chi connectivity index (χ1v) is 4.27. The number of hydrogen-bond acceptors (Lipinski definition) is 2. The van der Waals surface area contributed by atoms with Crippen LogP contribution in [-0.4, -0.2) is 0 Å². The smallest absolute Gasteiger partial charge is 0.0589 e. The molecule has 1 rings (SSSR count). The fourth-order valence-corrected chi connectivity index (χ4v) is 1.25. The van der Waals surface area contributed by atoms with Gasteiger partial charge in [0, 0.05) is 5.41 Å². The van der Waals surface area contributed by atoms with Crippen LogP contribution in [-0.2, 0) is 5.41 Å². The van der Waals surface area contributed by atoms with Gasteiger partial charge in [0.15, 0.2) is 0 Å². The SMILES string of the molecule is C=CC(C)(C)c1cccc(N)c1N. The summed E-state index contributed by atoms with van der Waals surface area (Å²) in [5.41, 5.74) is 13.8. The van der Waals surface area contributed by atoms with Gasteiger partial charge in [0.05, 0.1) is 11.4 Å². The number of nitrogens with two attached hydrogens (primary N) is 2. The second kappa shape index (κ2) is 3.13. The first kappa shape index (κ1) is 9.65. The molecule has 0 bridgehead atoms. The van der Waals surface area contributed by atoms with Crippen LogP contribution in [0.2, 0.25) is 0 Å². The number of anilines is 2. The third kappa shape index (κ3) is 1.66. The van der Waals surface area contributed by atoms with E-state index in [1.807, 2.05) is 18.2 Å². The van der Waals surface area contributed by atoms with E-state index in [1.54, 1.807) is 6.07 Å². The lowest BCUT2D eigenvalue weighted by Crippen LogP contribution is -2.16. The van der Waals surface area contributed by atoms with Crippen LogP contribution < -0.4 is 11.5 Å². The summed E-state index contributed by atoms with van der Waals surface area (Å²) in [6.45, 7) is 7.90. The molecule has 0 fully saturated rings. The lowest BCUT2D eigenvalue weighted by molar-refractivity contribution is 0.675. The second-order valence-corrected chi connectivity index (χ2v) is 3.73. The monoisotopic (exact) mass is 176 g/mol. The molecule has 13 heavy (non-hydrogen) atoms. The van der Waals surface area contributed by atoms with Crippen LogP contribution in [0.3, 0.4) is 0 Å². The Kier molecular flexibility index (Phi) is 2.32. The fourth-order valence-electron chi connectivity index (χ4n) is 1.25. The quantitative estimate of drug-likeness (QED) is 0.536. The van der Waals surface area contributed by atoms with Gasteiger partial charge in [0.2, 0.25) is 0 Å². The summed E-state index contributed by atoms with van der Waals surface area (Å²) < 4.78 is 0. The maximum Gasteiger partial charge on any atom is 0.0589 e. The van der Waals surface area contributed by atoms with E-state index >= 15 is 0 Å². The standard InChI is InChI=1S/C11H16N2/c1-4-11(2,3)8-6-5-7-9(12)10(8)13/h4-7H,1,12-13H2,2-3H3. The van der Waals surface area contributed by atoms with E-state index in [2.05, 4.69) is 20.4 Å². The van der Waals surface area contributed by atoms with Crippen LogP contribution in [0.4, 0.5) is 11.4 Å². The Bertz CT molecular complexity index is 327. The molecule has 0 aliphatic carbocycles. The van der Waals surface area contributed by atoms with Crippen LogP contribution >= 0.6 is 0 Å². The first-order chi connectivity index (χ1) is 5.99. The molecule has 1 aromatic carbocycles. The highest BCUT2D eigenvalue weighted by molar-refractivity contribution is 5.69. The van der Waals surface area contributed by atoms with Crippen molar-refractivity contribution in [1.82, 2.24) is 0 Å². The number of allylic oxidation sites excluding steroid dienone is 1. The highest BCUT2D eigenvalue weighted by Crippen LogP contribution is 2.32. The molecule has 0 saturated carbocycles. The van der Waals surface area contributed by atoms with E-state index in [9.17, 15) is 0 Å². The summed E-state index contributed by atoms with van der Waals surface area (Å²) in [4.78, 5) is 0. The van der Waals surface area contributed by atoms with Gasteiger partial charge < -0.3 is 11.5 Å². The topological polar surface area (TPSA) is 52.0 Å². The van der Waals surface area contributed by atoms with E-state index in [0.717, 1.165) is 5.56 Å². The predicted molar refractivity (Wildman–Crippen MR) is 58.5 cm³/mol. The lowest BCUT2D eigenvalue weighted by atomic mass is 9.83. The summed E-state index contributed by atoms with van der Waals surface area (Å²) in [6, 6.07) is 5.69. The van der Waals surface area contributed by atoms with Crippen LogP contribution in [0.5, 0.6) is 0 Å². The summed E-state index contributed by atoms with van der Waals surface area (Å²) in [6.07, 6.45) is 1.87. The van der Waals surface area contributed by atoms with Gasteiger partial charge in [-0.15, -0.1) is 6.58 Å². The van der Waals surface area contributed by atoms with Gasteiger partial charge in [0.1, 0.15) is 0 Å². The Hall–Kier alpha value is -1.44. The molecular formula is C11H16N2. The van der Waals surface area contributed by atoms with Gasteiger partial charge in [0.25, 0.3) is 0 Å². The highest BCUT2D eigenvalue weighted by Gasteiger charge is 2.19. The zero-order chi connectivity index (χ0) is 10.1. The molecule has 0 heterocycles. The van der Waals surface area contributed by atoms with E-state index in [1.165, 1.54) is 0 Å². The normalized spacial score (nSPS) is 11.2. The molecule has 0 radical (unpaired) electrons. The Balaban J connectivity index is 3.30. The number of nitrogen functional groups attached to an aromatic ring is 2. The fraction of sp³-hybridized carbons (Fsp3) is 0.273. The van der Waals surface area contributed by atoms with Crippen LogP contribution in [0.15, 0.2) is 30.9 Å². The van der Waals surface area contributed by atoms with Crippen LogP contribution in [0, 0.1) is 0 Å². The van der Waals surface area contributed by atoms with Crippen LogP contribution in [0.25, 0.3) is 0 Å². The van der Waals surface area contributed by atoms with Gasteiger partial charge in [-0.25, -0.2) is 0 Å². The van der Waals surface area contributed by atoms with Gasteiger partial charge in [-0.05, 0) is 11.6 Å². The molecule has 0 amide bonds. The van der Waals surface area contributed by atoms with Gasteiger partial charge in [-0.2, -0.15) is 0 Å². The molecule has 0 aromatic heterocycles. The highest BCUT2D eigenvalue weighted by atomic mass is 14.7. The van der Waals surface area contributed by atoms with E-state index in [4.69, 9.17) is 11.5 Å². The third-order valence-corrected chi connectivity index (χ3v) is 2.34. The predicted octanol–water partition coefficient (Wildman–Crippen LogP) is 2.31. The van der Waals surface area contributed by atoms with Crippen molar-refractivity contribution in [3.05, 3.63) is 36.4 Å². The molecule has 0 aliphatic rings. The molecule has 0 aliphatic heterocycles. The molecule has 70 valence electrons. The first-order valence-electron chi connectivity index (χ1n) is 4.27. The van der Waals surface area contributed by atoms with Crippen molar-refractivity contribution in [2.75, 3.05) is 11.5 Å². The molecule has 4 N–H and O–H groups in total. The van der Waals surface area contributed by atoms with Gasteiger partial charge >= 0.3 is 0 Å². The molecular weight excluding hydrogens is 160 g/mol. The number of para-hydroxylation sites is 1. The molecule has 0 atom stereocenters. The molecule has 2 heteroatoms. The Morgan fingerprint density at radius 1 is 1.31 bits per heavy atom. The lowest BCUT2D eigenvalue weighted by Gasteiger charge is -2.22. The Morgan fingerprint density at radius 2 is 1.92 bits per heavy atom. The molecule has 0 saturated heterocycles. The van der Waals surface area contributed by atoms with E-state index < -0.39 is 0 Å². The van der Waals surface area contributed by atoms with Crippen molar-refractivity contribution in [3.63, 3.8) is 0 Å². The largest absolute Gasteiger partial charge is 0.397 e. The molecule has 1 aromatic rings. The number of benzene rings is 1. The summed E-state index contributed by atoms with van der Waals surface area (Å²) >= 11 is 0. The van der Waals surface area contributed by atoms with Gasteiger partial charge in [-0.1, -0.05) is 32.1 Å². The van der Waals surface area contributed by atoms with Crippen molar-refractivity contribution in [3.8, 4) is 0 Å². The van der Waals surface area contributed by atoms with E-state index in [-0.39, 0.29) is 5.41 Å². The zero-order valence-electron chi connectivity index (χ0n) is 8.17. The summed E-state index contributed by atoms with van der Waals surface area (Å²) in [7, 11) is 0. The summed E-state index contributed by atoms with van der Waals surface area (Å²) in [5.74, 6) is 0. The van der Waals surface area contributed by atoms with Crippen molar-refractivity contribution in [2.45, 2.75) is 19.3 Å². The van der Waals surface area contributed by atoms with Crippen LogP contribution in [0.1, 0.15) is 19.4 Å². The Morgan fingerprint density at radius 3 is 2.46 bits per heavy atom. The van der Waals surface area contributed by atoms with Crippen molar-refractivity contribution < 1.29 is 0 Å². The van der Waals surface area contributed by atoms with Crippen molar-refractivity contribution in [1.29, 1.82) is 0 Å². The van der Waals surface area contributed by atoms with Crippen molar-refractivity contribution in [2.24, 2.45) is 0 Å². The third-order valence-electron chi connectivity index (χ3n) is 2.34. The van der Waals surface area contributed by atoms with E-state index in [0.29, 0.717) is 11.4 Å².